The summed E-state index contributed by atoms with van der Waals surface area (Å²) < 4.78 is 0. The first-order chi connectivity index (χ1) is 26.0. The molecule has 1 unspecified atom stereocenters. The van der Waals surface area contributed by atoms with Crippen LogP contribution in [0.25, 0.3) is 0 Å². The van der Waals surface area contributed by atoms with Crippen LogP contribution in [0.1, 0.15) is 44.6 Å². The van der Waals surface area contributed by atoms with Gasteiger partial charge in [0.05, 0.1) is 32.0 Å². The Kier molecular flexibility index (Phi) is 22.2. The van der Waals surface area contributed by atoms with Crippen molar-refractivity contribution in [2.45, 2.75) is 93.8 Å². The molecule has 18 N–H and O–H groups in total. The van der Waals surface area contributed by atoms with E-state index in [2.05, 4.69) is 26.6 Å². The number of hydrogen-bond acceptors (Lipinski definition) is 15. The zero-order valence-corrected chi connectivity index (χ0v) is 30.6. The standard InChI is InChI=1S/C33H56N10O12/c1-18(47)26(43(37)33(55)22(10-11-27(48)49)40-29(51)20(35)15-44)14-38-24(16-45)31(53)39-21(9-5-6-12-34)30(52)42-25(17-46)32(54)41-23(28(36)50)13-19-7-3-2-4-8-19/h2-4,7-8,18,20-26,38,44-47H,5-6,9-17,34-35,37H2,1H3,(H2,36,50)(H,39,53)(H,40,51)(H,41,54)(H,42,52)(H,48,49)/t18?,20-,21-,22-,23-,24-,25-,26+/m0/s1. The number of carboxylic acids is 1. The number of nitrogens with zero attached hydrogens (tertiary/aromatic N) is 1. The molecule has 55 heavy (non-hydrogen) atoms. The number of carboxylic acid groups (broad SMARTS) is 1. The molecular weight excluding hydrogens is 728 g/mol. The molecule has 0 aliphatic carbocycles. The highest BCUT2D eigenvalue weighted by molar-refractivity contribution is 5.95. The summed E-state index contributed by atoms with van der Waals surface area (Å²) in [5, 5.41) is 61.4. The second-order valence-corrected chi connectivity index (χ2v) is 12.7. The molecule has 0 aromatic heterocycles. The molecular formula is C33H56N10O12. The summed E-state index contributed by atoms with van der Waals surface area (Å²) >= 11 is 0. The number of carbonyl (C=O) groups excluding carboxylic acids is 6. The maximum absolute atomic E-state index is 13.4. The Labute approximate surface area is 317 Å². The number of carbonyl (C=O) groups is 7. The van der Waals surface area contributed by atoms with E-state index in [1.54, 1.807) is 30.3 Å². The van der Waals surface area contributed by atoms with E-state index in [0.717, 1.165) is 0 Å². The van der Waals surface area contributed by atoms with Crippen molar-refractivity contribution in [3.05, 3.63) is 35.9 Å². The molecule has 0 radical (unpaired) electrons. The van der Waals surface area contributed by atoms with Gasteiger partial charge in [-0.25, -0.2) is 5.84 Å². The van der Waals surface area contributed by atoms with Crippen LogP contribution in [0.2, 0.25) is 0 Å². The predicted molar refractivity (Wildman–Crippen MR) is 194 cm³/mol. The number of aliphatic hydroxyl groups is 4. The molecule has 22 heteroatoms. The van der Waals surface area contributed by atoms with Gasteiger partial charge in [-0.2, -0.15) is 0 Å². The number of nitrogens with two attached hydrogens (primary N) is 4. The van der Waals surface area contributed by atoms with Crippen LogP contribution >= 0.6 is 0 Å². The van der Waals surface area contributed by atoms with Crippen molar-refractivity contribution in [2.75, 3.05) is 32.9 Å². The number of amides is 6. The van der Waals surface area contributed by atoms with Crippen molar-refractivity contribution in [1.82, 2.24) is 31.6 Å². The summed E-state index contributed by atoms with van der Waals surface area (Å²) in [5.74, 6) is -0.914. The van der Waals surface area contributed by atoms with Crippen molar-refractivity contribution < 1.29 is 59.1 Å². The van der Waals surface area contributed by atoms with Crippen LogP contribution in [0.3, 0.4) is 0 Å². The maximum Gasteiger partial charge on any atom is 0.303 e. The highest BCUT2D eigenvalue weighted by atomic mass is 16.4. The molecule has 0 aliphatic heterocycles. The van der Waals surface area contributed by atoms with Gasteiger partial charge in [-0.3, -0.25) is 38.6 Å². The highest BCUT2D eigenvalue weighted by Gasteiger charge is 2.34. The third-order valence-electron chi connectivity index (χ3n) is 8.37. The molecule has 0 heterocycles. The second kappa shape index (κ2) is 25.3. The fraction of sp³-hybridized carbons (Fsp3) is 0.606. The molecule has 0 fully saturated rings. The van der Waals surface area contributed by atoms with Crippen LogP contribution < -0.4 is 49.6 Å². The summed E-state index contributed by atoms with van der Waals surface area (Å²) in [6.07, 6.45) is -1.57. The van der Waals surface area contributed by atoms with E-state index in [9.17, 15) is 54.0 Å². The first-order valence-corrected chi connectivity index (χ1v) is 17.5. The number of unbranched alkanes of at least 4 members (excludes halogenated alkanes) is 1. The van der Waals surface area contributed by atoms with Crippen molar-refractivity contribution in [3.8, 4) is 0 Å². The molecule has 22 nitrogen and oxygen atoms in total. The van der Waals surface area contributed by atoms with Crippen molar-refractivity contribution >= 4 is 41.4 Å². The van der Waals surface area contributed by atoms with Crippen molar-refractivity contribution in [3.63, 3.8) is 0 Å². The lowest BCUT2D eigenvalue weighted by atomic mass is 10.0. The molecule has 310 valence electrons. The quantitative estimate of drug-likeness (QED) is 0.0171. The number of hydrogen-bond donors (Lipinski definition) is 14. The van der Waals surface area contributed by atoms with Gasteiger partial charge in [0, 0.05) is 19.4 Å². The number of rotatable bonds is 27. The maximum atomic E-state index is 13.4. The number of nitrogens with one attached hydrogen (secondary N) is 5. The molecule has 1 aromatic carbocycles. The van der Waals surface area contributed by atoms with E-state index < -0.39 is 129 Å². The minimum atomic E-state index is -1.56. The minimum absolute atomic E-state index is 0.00930. The predicted octanol–water partition coefficient (Wildman–Crippen LogP) is -6.64. The van der Waals surface area contributed by atoms with Gasteiger partial charge in [0.2, 0.25) is 29.5 Å². The number of aliphatic hydroxyl groups excluding tert-OH is 4. The van der Waals surface area contributed by atoms with Crippen LogP contribution in [-0.4, -0.2) is 153 Å². The highest BCUT2D eigenvalue weighted by Crippen LogP contribution is 2.09. The lowest BCUT2D eigenvalue weighted by Crippen LogP contribution is -2.63. The fourth-order valence-electron chi connectivity index (χ4n) is 5.08. The summed E-state index contributed by atoms with van der Waals surface area (Å²) in [6, 6.07) is -1.18. The van der Waals surface area contributed by atoms with Crippen LogP contribution in [0.5, 0.6) is 0 Å². The number of primary amides is 1. The van der Waals surface area contributed by atoms with E-state index in [1.165, 1.54) is 6.92 Å². The van der Waals surface area contributed by atoms with Gasteiger partial charge in [-0.15, -0.1) is 0 Å². The first-order valence-electron chi connectivity index (χ1n) is 17.5. The van der Waals surface area contributed by atoms with E-state index in [4.69, 9.17) is 28.2 Å². The largest absolute Gasteiger partial charge is 0.481 e. The van der Waals surface area contributed by atoms with E-state index in [0.29, 0.717) is 23.4 Å². The lowest BCUT2D eigenvalue weighted by molar-refractivity contribution is -0.142. The molecule has 8 atom stereocenters. The number of benzene rings is 1. The topological polar surface area (TPSA) is 388 Å². The monoisotopic (exact) mass is 784 g/mol. The van der Waals surface area contributed by atoms with E-state index >= 15 is 0 Å². The molecule has 0 bridgehead atoms. The summed E-state index contributed by atoms with van der Waals surface area (Å²) in [5.41, 5.74) is 17.2. The third kappa shape index (κ3) is 17.0. The molecule has 1 rings (SSSR count). The Morgan fingerprint density at radius 2 is 1.29 bits per heavy atom. The normalized spacial score (nSPS) is 15.5. The Balaban J connectivity index is 3.09. The Hall–Kier alpha value is -4.81. The third-order valence-corrected chi connectivity index (χ3v) is 8.37. The molecule has 0 saturated heterocycles. The van der Waals surface area contributed by atoms with Gasteiger partial charge in [0.15, 0.2) is 0 Å². The van der Waals surface area contributed by atoms with Gasteiger partial charge < -0.3 is 69.3 Å². The fourth-order valence-corrected chi connectivity index (χ4v) is 5.08. The lowest BCUT2D eigenvalue weighted by Gasteiger charge is -2.34. The molecule has 0 saturated carbocycles. The van der Waals surface area contributed by atoms with Crippen molar-refractivity contribution in [1.29, 1.82) is 0 Å². The van der Waals surface area contributed by atoms with Crippen molar-refractivity contribution in [2.24, 2.45) is 23.0 Å². The van der Waals surface area contributed by atoms with Gasteiger partial charge in [0.25, 0.3) is 5.91 Å². The average molecular weight is 785 g/mol. The van der Waals surface area contributed by atoms with E-state index in [-0.39, 0.29) is 19.4 Å². The Bertz CT molecular complexity index is 1410. The minimum Gasteiger partial charge on any atom is -0.481 e. The molecule has 1 aromatic rings. The van der Waals surface area contributed by atoms with Crippen LogP contribution in [0.4, 0.5) is 0 Å². The Morgan fingerprint density at radius 1 is 0.745 bits per heavy atom. The summed E-state index contributed by atoms with van der Waals surface area (Å²) in [4.78, 5) is 88.5. The zero-order chi connectivity index (χ0) is 41.7. The van der Waals surface area contributed by atoms with Gasteiger partial charge in [0.1, 0.15) is 36.3 Å². The first kappa shape index (κ1) is 48.2. The smallest absolute Gasteiger partial charge is 0.303 e. The molecule has 6 amide bonds. The Morgan fingerprint density at radius 3 is 1.82 bits per heavy atom. The summed E-state index contributed by atoms with van der Waals surface area (Å²) in [7, 11) is 0. The SMILES string of the molecule is CC(O)[C@@H](CN[C@@H](CO)C(=O)N[C@@H](CCCCN)C(=O)N[C@@H](CO)C(=O)N[C@@H](Cc1ccccc1)C(N)=O)N(N)C(=O)[C@H](CCC(=O)O)NC(=O)[C@@H](N)CO. The van der Waals surface area contributed by atoms with Crippen LogP contribution in [-0.2, 0) is 40.0 Å². The number of hydrazine groups is 1. The average Bonchev–Trinajstić information content (AvgIpc) is 3.15. The molecule has 0 spiro atoms. The van der Waals surface area contributed by atoms with Crippen LogP contribution in [0.15, 0.2) is 30.3 Å². The van der Waals surface area contributed by atoms with Crippen LogP contribution in [0, 0.1) is 0 Å². The second-order valence-electron chi connectivity index (χ2n) is 12.7. The number of aliphatic carboxylic acids is 1. The summed E-state index contributed by atoms with van der Waals surface area (Å²) in [6.45, 7) is -1.47. The van der Waals surface area contributed by atoms with Gasteiger partial charge >= 0.3 is 5.97 Å². The van der Waals surface area contributed by atoms with E-state index in [1.807, 2.05) is 0 Å². The zero-order valence-electron chi connectivity index (χ0n) is 30.6. The van der Waals surface area contributed by atoms with Gasteiger partial charge in [-0.05, 0) is 44.7 Å². The van der Waals surface area contributed by atoms with Gasteiger partial charge in [-0.1, -0.05) is 30.3 Å². The molecule has 0 aliphatic rings.